The van der Waals surface area contributed by atoms with Gasteiger partial charge in [-0.25, -0.2) is 4.39 Å². The summed E-state index contributed by atoms with van der Waals surface area (Å²) in [5, 5.41) is 4.70. The molecule has 3 aromatic rings. The van der Waals surface area contributed by atoms with Crippen molar-refractivity contribution in [1.29, 1.82) is 0 Å². The van der Waals surface area contributed by atoms with Crippen LogP contribution in [0.1, 0.15) is 28.5 Å². The number of esters is 1. The predicted octanol–water partition coefficient (Wildman–Crippen LogP) is 3.60. The number of rotatable bonds is 8. The lowest BCUT2D eigenvalue weighted by atomic mass is 10.0. The average molecular weight is 444 g/mol. The van der Waals surface area contributed by atoms with Crippen LogP contribution in [-0.4, -0.2) is 36.3 Å². The van der Waals surface area contributed by atoms with E-state index in [1.165, 1.54) is 23.7 Å². The molecule has 0 amide bonds. The zero-order valence-corrected chi connectivity index (χ0v) is 18.3. The summed E-state index contributed by atoms with van der Waals surface area (Å²) in [6, 6.07) is 13.2. The van der Waals surface area contributed by atoms with Crippen molar-refractivity contribution < 1.29 is 18.7 Å². The number of benzene rings is 2. The molecular weight excluding hydrogens is 417 g/mol. The quantitative estimate of drug-likeness (QED) is 0.408. The van der Waals surface area contributed by atoms with Gasteiger partial charge in [-0.15, -0.1) is 0 Å². The maximum absolute atomic E-state index is 13.3. The van der Waals surface area contributed by atoms with E-state index < -0.39 is 11.9 Å². The van der Waals surface area contributed by atoms with Gasteiger partial charge >= 0.3 is 5.97 Å². The van der Waals surface area contributed by atoms with Crippen LogP contribution in [0.4, 0.5) is 4.39 Å². The highest BCUT2D eigenvalue weighted by molar-refractivity contribution is 7.04. The Balaban J connectivity index is 0.000000221. The average Bonchev–Trinajstić information content (AvgIpc) is 3.27. The van der Waals surface area contributed by atoms with E-state index >= 15 is 0 Å². The van der Waals surface area contributed by atoms with Crippen LogP contribution >= 0.6 is 11.5 Å². The van der Waals surface area contributed by atoms with Gasteiger partial charge in [0.1, 0.15) is 24.8 Å². The number of likely N-dealkylation sites (N-methyl/N-ethyl adjacent to an activating group) is 1. The summed E-state index contributed by atoms with van der Waals surface area (Å²) in [7, 11) is 1.74. The molecular formula is C23H26FN3O3S. The number of nitrogens with zero attached hydrogens (tertiary/aromatic N) is 1. The van der Waals surface area contributed by atoms with Crippen molar-refractivity contribution in [3.05, 3.63) is 76.5 Å². The Morgan fingerprint density at radius 1 is 1.29 bits per heavy atom. The van der Waals surface area contributed by atoms with Crippen LogP contribution in [-0.2, 0) is 22.6 Å². The van der Waals surface area contributed by atoms with Crippen molar-refractivity contribution >= 4 is 23.8 Å². The van der Waals surface area contributed by atoms with E-state index in [1.54, 1.807) is 13.1 Å². The third-order valence-electron chi connectivity index (χ3n) is 4.30. The van der Waals surface area contributed by atoms with Crippen LogP contribution in [0.5, 0.6) is 0 Å². The summed E-state index contributed by atoms with van der Waals surface area (Å²) in [5.41, 5.74) is 9.43. The van der Waals surface area contributed by atoms with Crippen molar-refractivity contribution in [3.63, 3.8) is 0 Å². The van der Waals surface area contributed by atoms with E-state index in [1.807, 2.05) is 42.6 Å². The molecule has 1 heterocycles. The summed E-state index contributed by atoms with van der Waals surface area (Å²) in [4.78, 5) is 22.0. The fraction of sp³-hybridized carbons (Fsp3) is 0.261. The second-order valence-electron chi connectivity index (χ2n) is 6.68. The number of hydrogen-bond acceptors (Lipinski definition) is 7. The smallest absolute Gasteiger partial charge is 0.324 e. The van der Waals surface area contributed by atoms with Gasteiger partial charge < -0.3 is 15.8 Å². The van der Waals surface area contributed by atoms with Crippen LogP contribution < -0.4 is 11.1 Å². The number of halogens is 1. The Morgan fingerprint density at radius 2 is 2.03 bits per heavy atom. The summed E-state index contributed by atoms with van der Waals surface area (Å²) in [6.07, 6.45) is 1.45. The molecule has 31 heavy (non-hydrogen) atoms. The number of nitrogens with one attached hydrogen (secondary N) is 1. The van der Waals surface area contributed by atoms with Crippen LogP contribution in [0.3, 0.4) is 0 Å². The molecule has 2 aromatic carbocycles. The first-order valence-electron chi connectivity index (χ1n) is 9.78. The number of nitrogens with two attached hydrogens (primary N) is 1. The molecule has 0 aliphatic heterocycles. The molecule has 0 radical (unpaired) electrons. The van der Waals surface area contributed by atoms with Crippen LogP contribution in [0.15, 0.2) is 53.9 Å². The van der Waals surface area contributed by atoms with Crippen LogP contribution in [0.25, 0.3) is 11.1 Å². The van der Waals surface area contributed by atoms with Gasteiger partial charge in [-0.3, -0.25) is 9.59 Å². The fourth-order valence-corrected chi connectivity index (χ4v) is 3.51. The number of aldehydes is 1. The van der Waals surface area contributed by atoms with Gasteiger partial charge in [0.2, 0.25) is 0 Å². The highest BCUT2D eigenvalue weighted by Gasteiger charge is 2.13. The third-order valence-corrected chi connectivity index (χ3v) is 4.96. The predicted molar refractivity (Wildman–Crippen MR) is 120 cm³/mol. The standard InChI is InChI=1S/C12H10FNOS.C11H16N2O2/c1-2-12-11(7-16-14-12)9-3-8(6-15)4-10(13)5-9;1-13-7-10(12)11(14)15-8-9-5-3-2-4-6-9/h3-7H,2H2,1H3;2-6,10,13H,7-8,12H2,1H3. The molecule has 1 aromatic heterocycles. The summed E-state index contributed by atoms with van der Waals surface area (Å²) < 4.78 is 22.5. The largest absolute Gasteiger partial charge is 0.460 e. The summed E-state index contributed by atoms with van der Waals surface area (Å²) >= 11 is 1.34. The van der Waals surface area contributed by atoms with E-state index in [-0.39, 0.29) is 12.6 Å². The van der Waals surface area contributed by atoms with Crippen molar-refractivity contribution in [1.82, 2.24) is 9.69 Å². The molecule has 8 heteroatoms. The monoisotopic (exact) mass is 443 g/mol. The van der Waals surface area contributed by atoms with Gasteiger partial charge in [0.15, 0.2) is 0 Å². The number of ether oxygens (including phenoxy) is 1. The first-order chi connectivity index (χ1) is 15.0. The Hall–Kier alpha value is -2.94. The third kappa shape index (κ3) is 7.67. The normalized spacial score (nSPS) is 11.2. The van der Waals surface area contributed by atoms with E-state index in [4.69, 9.17) is 10.5 Å². The Labute approximate surface area is 185 Å². The lowest BCUT2D eigenvalue weighted by Gasteiger charge is -2.10. The molecule has 0 spiro atoms. The Morgan fingerprint density at radius 3 is 2.68 bits per heavy atom. The molecule has 0 bridgehead atoms. The Kier molecular flexibility index (Phi) is 9.96. The molecule has 1 atom stereocenters. The van der Waals surface area contributed by atoms with Gasteiger partial charge in [-0.1, -0.05) is 37.3 Å². The van der Waals surface area contributed by atoms with Crippen LogP contribution in [0, 0.1) is 5.82 Å². The fourth-order valence-electron chi connectivity index (χ4n) is 2.72. The Bertz CT molecular complexity index is 979. The SMILES string of the molecule is CCc1nscc1-c1cc(F)cc(C=O)c1.CNCC(N)C(=O)OCc1ccccc1. The van der Waals surface area contributed by atoms with Gasteiger partial charge in [0.05, 0.1) is 5.69 Å². The number of carbonyl (C=O) groups excluding carboxylic acids is 2. The summed E-state index contributed by atoms with van der Waals surface area (Å²) in [5.74, 6) is -0.777. The molecule has 3 rings (SSSR count). The zero-order valence-electron chi connectivity index (χ0n) is 17.5. The lowest BCUT2D eigenvalue weighted by Crippen LogP contribution is -2.40. The van der Waals surface area contributed by atoms with E-state index in [0.717, 1.165) is 23.2 Å². The second-order valence-corrected chi connectivity index (χ2v) is 7.31. The minimum atomic E-state index is -0.598. The highest BCUT2D eigenvalue weighted by Crippen LogP contribution is 2.26. The molecule has 0 aliphatic rings. The molecule has 164 valence electrons. The topological polar surface area (TPSA) is 94.3 Å². The number of aryl methyl sites for hydroxylation is 1. The minimum Gasteiger partial charge on any atom is -0.460 e. The van der Waals surface area contributed by atoms with Crippen molar-refractivity contribution in [2.24, 2.45) is 5.73 Å². The molecule has 0 fully saturated rings. The van der Waals surface area contributed by atoms with E-state index in [0.29, 0.717) is 24.0 Å². The molecule has 0 saturated carbocycles. The van der Waals surface area contributed by atoms with E-state index in [2.05, 4.69) is 9.69 Å². The molecule has 6 nitrogen and oxygen atoms in total. The highest BCUT2D eigenvalue weighted by atomic mass is 32.1. The number of hydrogen-bond donors (Lipinski definition) is 2. The first kappa shape index (κ1) is 24.3. The van der Waals surface area contributed by atoms with Crippen molar-refractivity contribution in [2.75, 3.05) is 13.6 Å². The lowest BCUT2D eigenvalue weighted by molar-refractivity contribution is -0.146. The number of carbonyl (C=O) groups is 2. The summed E-state index contributed by atoms with van der Waals surface area (Å²) in [6.45, 7) is 2.70. The molecule has 3 N–H and O–H groups in total. The van der Waals surface area contributed by atoms with Crippen LogP contribution in [0.2, 0.25) is 0 Å². The van der Waals surface area contributed by atoms with E-state index in [9.17, 15) is 14.0 Å². The minimum absolute atomic E-state index is 0.275. The van der Waals surface area contributed by atoms with Gasteiger partial charge in [0.25, 0.3) is 0 Å². The second kappa shape index (κ2) is 12.7. The van der Waals surface area contributed by atoms with Gasteiger partial charge in [-0.2, -0.15) is 4.37 Å². The maximum Gasteiger partial charge on any atom is 0.324 e. The van der Waals surface area contributed by atoms with Gasteiger partial charge in [0, 0.05) is 23.1 Å². The zero-order chi connectivity index (χ0) is 22.6. The molecule has 0 saturated heterocycles. The maximum atomic E-state index is 13.3. The van der Waals surface area contributed by atoms with Crippen molar-refractivity contribution in [2.45, 2.75) is 26.0 Å². The van der Waals surface area contributed by atoms with Crippen molar-refractivity contribution in [3.8, 4) is 11.1 Å². The van der Waals surface area contributed by atoms with Gasteiger partial charge in [-0.05, 0) is 54.3 Å². The molecule has 1 unspecified atom stereocenters. The molecule has 0 aliphatic carbocycles. The first-order valence-corrected chi connectivity index (χ1v) is 10.6. The number of aromatic nitrogens is 1.